The van der Waals surface area contributed by atoms with E-state index in [0.29, 0.717) is 27.3 Å². The number of fused-ring (bicyclic) bond motifs is 1. The van der Waals surface area contributed by atoms with Crippen LogP contribution in [0.15, 0.2) is 65.6 Å². The number of nitrogens with zero attached hydrogens (tertiary/aromatic N) is 4. The van der Waals surface area contributed by atoms with Crippen LogP contribution in [0.2, 0.25) is 5.02 Å². The van der Waals surface area contributed by atoms with E-state index in [1.54, 1.807) is 42.1 Å². The number of carbonyl (C=O) groups excluding carboxylic acids is 1. The Hall–Kier alpha value is -3.45. The van der Waals surface area contributed by atoms with Crippen LogP contribution < -0.4 is 10.9 Å². The van der Waals surface area contributed by atoms with Gasteiger partial charge in [0.25, 0.3) is 5.56 Å². The van der Waals surface area contributed by atoms with E-state index in [4.69, 9.17) is 11.6 Å². The number of anilines is 1. The molecule has 2 aromatic carbocycles. The van der Waals surface area contributed by atoms with Gasteiger partial charge in [0.15, 0.2) is 0 Å². The van der Waals surface area contributed by atoms with Gasteiger partial charge in [-0.1, -0.05) is 35.9 Å². The molecule has 0 aliphatic rings. The van der Waals surface area contributed by atoms with Crippen LogP contribution in [-0.4, -0.2) is 25.5 Å². The van der Waals surface area contributed by atoms with E-state index < -0.39 is 0 Å². The Morgan fingerprint density at radius 3 is 2.68 bits per heavy atom. The fourth-order valence-electron chi connectivity index (χ4n) is 3.00. The lowest BCUT2D eigenvalue weighted by Gasteiger charge is -2.09. The summed E-state index contributed by atoms with van der Waals surface area (Å²) in [5.41, 5.74) is 1.93. The lowest BCUT2D eigenvalue weighted by Crippen LogP contribution is -2.31. The van der Waals surface area contributed by atoms with Gasteiger partial charge in [0, 0.05) is 16.1 Å². The number of para-hydroxylation sites is 1. The van der Waals surface area contributed by atoms with Crippen molar-refractivity contribution in [1.82, 2.24) is 19.6 Å². The van der Waals surface area contributed by atoms with Crippen LogP contribution in [0.25, 0.3) is 16.6 Å². The van der Waals surface area contributed by atoms with Gasteiger partial charge in [0.1, 0.15) is 12.1 Å². The molecular formula is C20H16ClN5O2. The zero-order valence-corrected chi connectivity index (χ0v) is 15.7. The molecule has 1 N–H and O–H groups in total. The van der Waals surface area contributed by atoms with E-state index in [2.05, 4.69) is 15.5 Å². The number of benzene rings is 2. The lowest BCUT2D eigenvalue weighted by atomic mass is 10.2. The summed E-state index contributed by atoms with van der Waals surface area (Å²) in [6, 6.07) is 16.1. The highest BCUT2D eigenvalue weighted by atomic mass is 35.5. The van der Waals surface area contributed by atoms with Gasteiger partial charge in [0.05, 0.1) is 17.6 Å². The third kappa shape index (κ3) is 3.39. The number of halogens is 1. The average Bonchev–Trinajstić information content (AvgIpc) is 3.12. The molecule has 28 heavy (non-hydrogen) atoms. The van der Waals surface area contributed by atoms with Crippen LogP contribution in [0, 0.1) is 6.92 Å². The Labute approximate surface area is 165 Å². The predicted molar refractivity (Wildman–Crippen MR) is 108 cm³/mol. The molecule has 2 aromatic heterocycles. The first-order chi connectivity index (χ1) is 13.5. The minimum atomic E-state index is -0.386. The minimum absolute atomic E-state index is 0.220. The number of aromatic nitrogens is 4. The van der Waals surface area contributed by atoms with Crippen molar-refractivity contribution in [2.45, 2.75) is 13.5 Å². The van der Waals surface area contributed by atoms with Gasteiger partial charge in [-0.2, -0.15) is 10.2 Å². The summed E-state index contributed by atoms with van der Waals surface area (Å²) >= 11 is 5.93. The van der Waals surface area contributed by atoms with Crippen molar-refractivity contribution in [3.05, 3.63) is 81.9 Å². The van der Waals surface area contributed by atoms with Crippen molar-refractivity contribution >= 4 is 34.1 Å². The molecule has 140 valence electrons. The molecule has 1 amide bonds. The quantitative estimate of drug-likeness (QED) is 0.577. The first-order valence-corrected chi connectivity index (χ1v) is 8.97. The number of aryl methyl sites for hydroxylation is 1. The Kier molecular flexibility index (Phi) is 4.67. The third-order valence-electron chi connectivity index (χ3n) is 4.27. The second-order valence-electron chi connectivity index (χ2n) is 6.26. The fourth-order valence-corrected chi connectivity index (χ4v) is 3.19. The van der Waals surface area contributed by atoms with Gasteiger partial charge in [-0.3, -0.25) is 9.59 Å². The molecule has 0 fully saturated rings. The standard InChI is InChI=1S/C20H16ClN5O2/c1-13-17-11-22-26(16-8-3-2-4-9-16)19(17)20(28)25(24-13)12-18(27)23-15-7-5-6-14(21)10-15/h2-11H,12H2,1H3,(H,23,27). The van der Waals surface area contributed by atoms with E-state index in [-0.39, 0.29) is 18.0 Å². The molecule has 7 nitrogen and oxygen atoms in total. The summed E-state index contributed by atoms with van der Waals surface area (Å²) in [4.78, 5) is 25.4. The Balaban J connectivity index is 1.71. The summed E-state index contributed by atoms with van der Waals surface area (Å²) < 4.78 is 2.72. The van der Waals surface area contributed by atoms with Crippen LogP contribution in [0.1, 0.15) is 5.69 Å². The summed E-state index contributed by atoms with van der Waals surface area (Å²) in [7, 11) is 0. The molecule has 0 unspecified atom stereocenters. The molecule has 0 aliphatic carbocycles. The van der Waals surface area contributed by atoms with Crippen LogP contribution in [0.5, 0.6) is 0 Å². The highest BCUT2D eigenvalue weighted by Crippen LogP contribution is 2.17. The predicted octanol–water partition coefficient (Wildman–Crippen LogP) is 3.18. The number of nitrogens with one attached hydrogen (secondary N) is 1. The Morgan fingerprint density at radius 2 is 1.93 bits per heavy atom. The first-order valence-electron chi connectivity index (χ1n) is 8.59. The molecule has 0 radical (unpaired) electrons. The zero-order chi connectivity index (χ0) is 19.7. The van der Waals surface area contributed by atoms with E-state index in [9.17, 15) is 9.59 Å². The number of hydrogen-bond acceptors (Lipinski definition) is 4. The highest BCUT2D eigenvalue weighted by molar-refractivity contribution is 6.30. The molecule has 0 aliphatic heterocycles. The molecule has 4 aromatic rings. The van der Waals surface area contributed by atoms with Gasteiger partial charge in [-0.15, -0.1) is 0 Å². The Morgan fingerprint density at radius 1 is 1.14 bits per heavy atom. The number of carbonyl (C=O) groups is 1. The van der Waals surface area contributed by atoms with Crippen molar-refractivity contribution < 1.29 is 4.79 Å². The number of hydrogen-bond donors (Lipinski definition) is 1. The van der Waals surface area contributed by atoms with E-state index in [0.717, 1.165) is 10.4 Å². The van der Waals surface area contributed by atoms with Crippen LogP contribution in [0.3, 0.4) is 0 Å². The van der Waals surface area contributed by atoms with Crippen molar-refractivity contribution in [3.63, 3.8) is 0 Å². The zero-order valence-electron chi connectivity index (χ0n) is 15.0. The van der Waals surface area contributed by atoms with Crippen molar-refractivity contribution in [2.24, 2.45) is 0 Å². The summed E-state index contributed by atoms with van der Waals surface area (Å²) in [6.45, 7) is 1.56. The maximum atomic E-state index is 13.0. The van der Waals surface area contributed by atoms with Crippen LogP contribution in [-0.2, 0) is 11.3 Å². The highest BCUT2D eigenvalue weighted by Gasteiger charge is 2.16. The Bertz CT molecular complexity index is 1230. The van der Waals surface area contributed by atoms with Gasteiger partial charge < -0.3 is 5.32 Å². The fraction of sp³-hybridized carbons (Fsp3) is 0.100. The maximum Gasteiger partial charge on any atom is 0.293 e. The van der Waals surface area contributed by atoms with Gasteiger partial charge in [-0.05, 0) is 37.3 Å². The van der Waals surface area contributed by atoms with Crippen LogP contribution >= 0.6 is 11.6 Å². The second kappa shape index (κ2) is 7.28. The average molecular weight is 394 g/mol. The molecule has 0 bridgehead atoms. The van der Waals surface area contributed by atoms with Crippen molar-refractivity contribution in [3.8, 4) is 5.69 Å². The van der Waals surface area contributed by atoms with Gasteiger partial charge in [0.2, 0.25) is 5.91 Å². The second-order valence-corrected chi connectivity index (χ2v) is 6.70. The van der Waals surface area contributed by atoms with Gasteiger partial charge >= 0.3 is 0 Å². The summed E-state index contributed by atoms with van der Waals surface area (Å²) in [5.74, 6) is -0.374. The monoisotopic (exact) mass is 393 g/mol. The third-order valence-corrected chi connectivity index (χ3v) is 4.50. The van der Waals surface area contributed by atoms with Crippen molar-refractivity contribution in [1.29, 1.82) is 0 Å². The topological polar surface area (TPSA) is 81.8 Å². The number of amides is 1. The van der Waals surface area contributed by atoms with E-state index in [1.165, 1.54) is 0 Å². The molecule has 0 saturated carbocycles. The number of rotatable bonds is 4. The molecule has 0 spiro atoms. The molecular weight excluding hydrogens is 378 g/mol. The van der Waals surface area contributed by atoms with E-state index in [1.807, 2.05) is 30.3 Å². The largest absolute Gasteiger partial charge is 0.324 e. The molecule has 0 saturated heterocycles. The van der Waals surface area contributed by atoms with Gasteiger partial charge in [-0.25, -0.2) is 9.36 Å². The SMILES string of the molecule is Cc1nn(CC(=O)Nc2cccc(Cl)c2)c(=O)c2c1cnn2-c1ccccc1. The van der Waals surface area contributed by atoms with E-state index >= 15 is 0 Å². The summed E-state index contributed by atoms with van der Waals surface area (Å²) in [6.07, 6.45) is 1.61. The first kappa shape index (κ1) is 17.9. The molecule has 4 rings (SSSR count). The summed E-state index contributed by atoms with van der Waals surface area (Å²) in [5, 5.41) is 12.5. The molecule has 8 heteroatoms. The normalized spacial score (nSPS) is 10.9. The molecule has 2 heterocycles. The molecule has 0 atom stereocenters. The lowest BCUT2D eigenvalue weighted by molar-refractivity contribution is -0.117. The maximum absolute atomic E-state index is 13.0. The smallest absolute Gasteiger partial charge is 0.293 e. The van der Waals surface area contributed by atoms with Crippen LogP contribution in [0.4, 0.5) is 5.69 Å². The van der Waals surface area contributed by atoms with Crippen molar-refractivity contribution in [2.75, 3.05) is 5.32 Å². The minimum Gasteiger partial charge on any atom is -0.324 e.